The first kappa shape index (κ1) is 17.1. The summed E-state index contributed by atoms with van der Waals surface area (Å²) in [5, 5.41) is 13.7. The first-order valence-electron chi connectivity index (χ1n) is 7.80. The number of nitrogens with one attached hydrogen (secondary N) is 1. The number of carbonyl (C=O) groups is 1. The maximum absolute atomic E-state index is 11.9. The lowest BCUT2D eigenvalue weighted by Gasteiger charge is -2.29. The van der Waals surface area contributed by atoms with Gasteiger partial charge in [-0.25, -0.2) is 4.79 Å². The molecule has 1 fully saturated rings. The van der Waals surface area contributed by atoms with Gasteiger partial charge >= 0.3 is 6.09 Å². The molecule has 1 N–H and O–H groups in total. The number of benzene rings is 1. The van der Waals surface area contributed by atoms with E-state index < -0.39 is 16.6 Å². The minimum absolute atomic E-state index is 0.142. The van der Waals surface area contributed by atoms with Crippen LogP contribution in [0, 0.1) is 10.1 Å². The quantitative estimate of drug-likeness (QED) is 0.673. The number of hydrogen-bond donors (Lipinski definition) is 1. The van der Waals surface area contributed by atoms with Crippen LogP contribution in [-0.4, -0.2) is 29.7 Å². The van der Waals surface area contributed by atoms with E-state index in [4.69, 9.17) is 4.74 Å². The Morgan fingerprint density at radius 2 is 1.91 bits per heavy atom. The van der Waals surface area contributed by atoms with Crippen LogP contribution in [-0.2, 0) is 4.74 Å². The molecular formula is C16H23N3O4. The molecule has 7 heteroatoms. The summed E-state index contributed by atoms with van der Waals surface area (Å²) in [6.45, 7) is 7.06. The minimum Gasteiger partial charge on any atom is -0.444 e. The second-order valence-electron chi connectivity index (χ2n) is 6.63. The highest BCUT2D eigenvalue weighted by atomic mass is 16.6. The van der Waals surface area contributed by atoms with Crippen LogP contribution < -0.4 is 10.2 Å². The molecular weight excluding hydrogens is 298 g/mol. The van der Waals surface area contributed by atoms with E-state index in [0.717, 1.165) is 31.6 Å². The van der Waals surface area contributed by atoms with Crippen molar-refractivity contribution in [1.29, 1.82) is 0 Å². The maximum atomic E-state index is 11.9. The zero-order valence-electron chi connectivity index (χ0n) is 13.8. The molecule has 0 saturated carbocycles. The molecule has 126 valence electrons. The molecule has 0 unspecified atom stereocenters. The topological polar surface area (TPSA) is 84.7 Å². The number of nitro groups is 1. The van der Waals surface area contributed by atoms with Crippen molar-refractivity contribution < 1.29 is 14.5 Å². The molecule has 1 saturated heterocycles. The number of nitro benzene ring substituents is 1. The summed E-state index contributed by atoms with van der Waals surface area (Å²) in [4.78, 5) is 24.8. The van der Waals surface area contributed by atoms with Crippen molar-refractivity contribution in [3.63, 3.8) is 0 Å². The third kappa shape index (κ3) is 4.84. The molecule has 1 aliphatic heterocycles. The first-order valence-corrected chi connectivity index (χ1v) is 7.80. The Bertz CT molecular complexity index is 589. The molecule has 1 aromatic carbocycles. The zero-order valence-corrected chi connectivity index (χ0v) is 13.8. The van der Waals surface area contributed by atoms with Crippen LogP contribution in [0.15, 0.2) is 18.2 Å². The summed E-state index contributed by atoms with van der Waals surface area (Å²) in [6.07, 6.45) is 2.71. The van der Waals surface area contributed by atoms with E-state index in [2.05, 4.69) is 10.2 Å². The Kier molecular flexibility index (Phi) is 5.08. The van der Waals surface area contributed by atoms with Gasteiger partial charge in [0.05, 0.1) is 4.92 Å². The number of hydrogen-bond acceptors (Lipinski definition) is 5. The molecule has 7 nitrogen and oxygen atoms in total. The van der Waals surface area contributed by atoms with Gasteiger partial charge in [0.2, 0.25) is 0 Å². The third-order valence-corrected chi connectivity index (χ3v) is 3.53. The van der Waals surface area contributed by atoms with E-state index in [1.165, 1.54) is 12.5 Å². The second-order valence-corrected chi connectivity index (χ2v) is 6.63. The van der Waals surface area contributed by atoms with Crippen LogP contribution >= 0.6 is 0 Å². The fourth-order valence-corrected chi connectivity index (χ4v) is 2.55. The predicted octanol–water partition coefficient (Wildman–Crippen LogP) is 3.93. The van der Waals surface area contributed by atoms with Crippen LogP contribution in [0.2, 0.25) is 0 Å². The monoisotopic (exact) mass is 321 g/mol. The third-order valence-electron chi connectivity index (χ3n) is 3.53. The van der Waals surface area contributed by atoms with E-state index in [-0.39, 0.29) is 11.4 Å². The molecule has 1 amide bonds. The summed E-state index contributed by atoms with van der Waals surface area (Å²) in [6, 6.07) is 4.80. The van der Waals surface area contributed by atoms with Crippen molar-refractivity contribution in [3.8, 4) is 0 Å². The van der Waals surface area contributed by atoms with Gasteiger partial charge in [-0.1, -0.05) is 0 Å². The minimum atomic E-state index is -0.698. The van der Waals surface area contributed by atoms with Crippen molar-refractivity contribution in [3.05, 3.63) is 28.3 Å². The molecule has 0 atom stereocenters. The lowest BCUT2D eigenvalue weighted by atomic mass is 10.1. The Balaban J connectivity index is 2.23. The molecule has 1 aliphatic rings. The predicted molar refractivity (Wildman–Crippen MR) is 89.0 cm³/mol. The molecule has 23 heavy (non-hydrogen) atoms. The second kappa shape index (κ2) is 6.85. The molecule has 0 aliphatic carbocycles. The number of nitrogens with zero attached hydrogens (tertiary/aromatic N) is 2. The number of carbonyl (C=O) groups excluding carboxylic acids is 1. The average Bonchev–Trinajstić information content (AvgIpc) is 2.45. The Hall–Kier alpha value is -2.31. The fourth-order valence-electron chi connectivity index (χ4n) is 2.55. The van der Waals surface area contributed by atoms with Crippen LogP contribution in [0.3, 0.4) is 0 Å². The summed E-state index contributed by atoms with van der Waals surface area (Å²) in [7, 11) is 0. The normalized spacial score (nSPS) is 15.2. The van der Waals surface area contributed by atoms with Crippen molar-refractivity contribution in [1.82, 2.24) is 0 Å². The summed E-state index contributed by atoms with van der Waals surface area (Å²) in [5.74, 6) is 0. The molecule has 0 aromatic heterocycles. The Labute approximate surface area is 135 Å². The zero-order chi connectivity index (χ0) is 17.0. The Morgan fingerprint density at radius 1 is 1.26 bits per heavy atom. The van der Waals surface area contributed by atoms with Gasteiger partial charge in [0, 0.05) is 24.8 Å². The van der Waals surface area contributed by atoms with Gasteiger partial charge in [-0.05, 0) is 52.2 Å². The van der Waals surface area contributed by atoms with E-state index in [0.29, 0.717) is 0 Å². The van der Waals surface area contributed by atoms with Gasteiger partial charge in [0.1, 0.15) is 11.3 Å². The number of piperidine rings is 1. The average molecular weight is 321 g/mol. The van der Waals surface area contributed by atoms with Gasteiger partial charge in [-0.3, -0.25) is 15.4 Å². The van der Waals surface area contributed by atoms with Crippen LogP contribution in [0.25, 0.3) is 0 Å². The van der Waals surface area contributed by atoms with E-state index in [9.17, 15) is 14.9 Å². The highest BCUT2D eigenvalue weighted by Gasteiger charge is 2.22. The van der Waals surface area contributed by atoms with E-state index in [1.54, 1.807) is 32.9 Å². The van der Waals surface area contributed by atoms with Crippen molar-refractivity contribution in [2.45, 2.75) is 45.6 Å². The molecule has 0 spiro atoms. The number of anilines is 2. The van der Waals surface area contributed by atoms with Crippen LogP contribution in [0.5, 0.6) is 0 Å². The SMILES string of the molecule is CC(C)(C)OC(=O)Nc1cc(N2CCCCC2)ccc1[N+](=O)[O-]. The van der Waals surface area contributed by atoms with Crippen LogP contribution in [0.1, 0.15) is 40.0 Å². The molecule has 1 heterocycles. The van der Waals surface area contributed by atoms with E-state index in [1.807, 2.05) is 0 Å². The summed E-state index contributed by atoms with van der Waals surface area (Å²) < 4.78 is 5.18. The fraction of sp³-hybridized carbons (Fsp3) is 0.562. The summed E-state index contributed by atoms with van der Waals surface area (Å²) in [5.41, 5.74) is 0.230. The summed E-state index contributed by atoms with van der Waals surface area (Å²) >= 11 is 0. The Morgan fingerprint density at radius 3 is 2.48 bits per heavy atom. The molecule has 1 aromatic rings. The van der Waals surface area contributed by atoms with Crippen molar-refractivity contribution >= 4 is 23.2 Å². The number of rotatable bonds is 3. The van der Waals surface area contributed by atoms with Crippen molar-refractivity contribution in [2.24, 2.45) is 0 Å². The van der Waals surface area contributed by atoms with Gasteiger partial charge in [-0.2, -0.15) is 0 Å². The van der Waals surface area contributed by atoms with Gasteiger partial charge in [0.15, 0.2) is 0 Å². The first-order chi connectivity index (χ1) is 10.8. The standard InChI is InChI=1S/C16H23N3O4/c1-16(2,3)23-15(20)17-13-11-12(7-8-14(13)19(21)22)18-9-5-4-6-10-18/h7-8,11H,4-6,9-10H2,1-3H3,(H,17,20). The number of ether oxygens (including phenoxy) is 1. The number of amides is 1. The highest BCUT2D eigenvalue weighted by molar-refractivity contribution is 5.89. The smallest absolute Gasteiger partial charge is 0.412 e. The lowest BCUT2D eigenvalue weighted by molar-refractivity contribution is -0.383. The van der Waals surface area contributed by atoms with Gasteiger partial charge in [-0.15, -0.1) is 0 Å². The molecule has 0 radical (unpaired) electrons. The lowest BCUT2D eigenvalue weighted by Crippen LogP contribution is -2.30. The molecule has 0 bridgehead atoms. The molecule has 2 rings (SSSR count). The van der Waals surface area contributed by atoms with Crippen molar-refractivity contribution in [2.75, 3.05) is 23.3 Å². The van der Waals surface area contributed by atoms with Gasteiger partial charge < -0.3 is 9.64 Å². The largest absolute Gasteiger partial charge is 0.444 e. The van der Waals surface area contributed by atoms with Gasteiger partial charge in [0.25, 0.3) is 5.69 Å². The van der Waals surface area contributed by atoms with Crippen LogP contribution in [0.4, 0.5) is 21.9 Å². The maximum Gasteiger partial charge on any atom is 0.412 e. The highest BCUT2D eigenvalue weighted by Crippen LogP contribution is 2.31. The van der Waals surface area contributed by atoms with E-state index >= 15 is 0 Å².